The predicted molar refractivity (Wildman–Crippen MR) is 92.2 cm³/mol. The molecule has 2 rings (SSSR count). The third kappa shape index (κ3) is 4.48. The van der Waals surface area contributed by atoms with Gasteiger partial charge < -0.3 is 10.4 Å². The zero-order chi connectivity index (χ0) is 15.1. The maximum absolute atomic E-state index is 9.66. The predicted octanol–water partition coefficient (Wildman–Crippen LogP) is 3.80. The highest BCUT2D eigenvalue weighted by Gasteiger charge is 2.25. The Bertz CT molecular complexity index is 443. The van der Waals surface area contributed by atoms with Gasteiger partial charge in [-0.25, -0.2) is 0 Å². The number of benzene rings is 1. The first-order chi connectivity index (χ1) is 10.2. The number of rotatable bonds is 9. The number of nitrogens with one attached hydrogen (secondary N) is 1. The van der Waals surface area contributed by atoms with Crippen LogP contribution in [0.5, 0.6) is 0 Å². The fraction of sp³-hybridized carbons (Fsp3) is 0.667. The minimum Gasteiger partial charge on any atom is -0.394 e. The zero-order valence-corrected chi connectivity index (χ0v) is 14.3. The van der Waals surface area contributed by atoms with Crippen LogP contribution in [-0.2, 0) is 12.8 Å². The Kier molecular flexibility index (Phi) is 6.59. The first kappa shape index (κ1) is 16.9. The van der Waals surface area contributed by atoms with Crippen molar-refractivity contribution >= 4 is 11.8 Å². The number of hydrogen-bond donors (Lipinski definition) is 2. The van der Waals surface area contributed by atoms with E-state index >= 15 is 0 Å². The molecule has 0 saturated heterocycles. The van der Waals surface area contributed by atoms with Crippen molar-refractivity contribution in [2.24, 2.45) is 0 Å². The standard InChI is InChI=1S/C18H29NOS/c1-3-18(14-20,19-4-2)11-6-12-21-17-10-9-15-7-5-8-16(15)13-17/h9-10,13,19-20H,3-8,11-12,14H2,1-2H3. The Hall–Kier alpha value is -0.510. The summed E-state index contributed by atoms with van der Waals surface area (Å²) < 4.78 is 0. The number of aliphatic hydroxyl groups excluding tert-OH is 1. The molecule has 1 aliphatic rings. The molecule has 0 aliphatic heterocycles. The zero-order valence-electron chi connectivity index (χ0n) is 13.5. The Morgan fingerprint density at radius 2 is 2.05 bits per heavy atom. The van der Waals surface area contributed by atoms with E-state index in [0.29, 0.717) is 0 Å². The number of likely N-dealkylation sites (N-methyl/N-ethyl adjacent to an activating group) is 1. The molecule has 0 heterocycles. The molecule has 21 heavy (non-hydrogen) atoms. The van der Waals surface area contributed by atoms with E-state index in [2.05, 4.69) is 37.4 Å². The quantitative estimate of drug-likeness (QED) is 0.538. The third-order valence-electron chi connectivity index (χ3n) is 4.67. The van der Waals surface area contributed by atoms with Crippen molar-refractivity contribution in [1.29, 1.82) is 0 Å². The van der Waals surface area contributed by atoms with Gasteiger partial charge in [0, 0.05) is 10.4 Å². The fourth-order valence-electron chi connectivity index (χ4n) is 3.25. The van der Waals surface area contributed by atoms with E-state index in [-0.39, 0.29) is 12.1 Å². The highest BCUT2D eigenvalue weighted by atomic mass is 32.2. The smallest absolute Gasteiger partial charge is 0.0613 e. The first-order valence-corrected chi connectivity index (χ1v) is 9.32. The van der Waals surface area contributed by atoms with Crippen LogP contribution in [0.25, 0.3) is 0 Å². The summed E-state index contributed by atoms with van der Waals surface area (Å²) in [5.74, 6) is 1.13. The van der Waals surface area contributed by atoms with Crippen molar-refractivity contribution < 1.29 is 5.11 Å². The maximum atomic E-state index is 9.66. The van der Waals surface area contributed by atoms with Crippen LogP contribution in [0.15, 0.2) is 23.1 Å². The molecule has 0 bridgehead atoms. The Labute approximate surface area is 133 Å². The number of thioether (sulfide) groups is 1. The van der Waals surface area contributed by atoms with Crippen LogP contribution >= 0.6 is 11.8 Å². The largest absolute Gasteiger partial charge is 0.394 e. The van der Waals surface area contributed by atoms with Gasteiger partial charge >= 0.3 is 0 Å². The van der Waals surface area contributed by atoms with E-state index < -0.39 is 0 Å². The van der Waals surface area contributed by atoms with Gasteiger partial charge in [-0.15, -0.1) is 11.8 Å². The van der Waals surface area contributed by atoms with Gasteiger partial charge in [0.15, 0.2) is 0 Å². The van der Waals surface area contributed by atoms with Gasteiger partial charge in [0.1, 0.15) is 0 Å². The average Bonchev–Trinajstić information content (AvgIpc) is 2.98. The van der Waals surface area contributed by atoms with Gasteiger partial charge in [0.2, 0.25) is 0 Å². The molecule has 0 spiro atoms. The van der Waals surface area contributed by atoms with Crippen molar-refractivity contribution in [3.63, 3.8) is 0 Å². The highest BCUT2D eigenvalue weighted by molar-refractivity contribution is 7.99. The van der Waals surface area contributed by atoms with E-state index in [1.165, 1.54) is 24.2 Å². The van der Waals surface area contributed by atoms with Gasteiger partial charge in [-0.05, 0) is 74.1 Å². The van der Waals surface area contributed by atoms with Gasteiger partial charge in [-0.1, -0.05) is 19.9 Å². The first-order valence-electron chi connectivity index (χ1n) is 8.33. The lowest BCUT2D eigenvalue weighted by atomic mass is 9.91. The second kappa shape index (κ2) is 8.21. The number of fused-ring (bicyclic) bond motifs is 1. The number of aryl methyl sites for hydroxylation is 2. The average molecular weight is 308 g/mol. The van der Waals surface area contributed by atoms with Crippen molar-refractivity contribution in [2.75, 3.05) is 18.9 Å². The van der Waals surface area contributed by atoms with Crippen molar-refractivity contribution in [3.05, 3.63) is 29.3 Å². The summed E-state index contributed by atoms with van der Waals surface area (Å²) in [6, 6.07) is 6.97. The lowest BCUT2D eigenvalue weighted by Gasteiger charge is -2.31. The third-order valence-corrected chi connectivity index (χ3v) is 5.75. The molecule has 1 unspecified atom stereocenters. The van der Waals surface area contributed by atoms with Crippen LogP contribution in [-0.4, -0.2) is 29.5 Å². The molecule has 1 aromatic rings. The summed E-state index contributed by atoms with van der Waals surface area (Å²) in [5.41, 5.74) is 3.04. The molecule has 1 aliphatic carbocycles. The van der Waals surface area contributed by atoms with Crippen LogP contribution in [0.3, 0.4) is 0 Å². The van der Waals surface area contributed by atoms with Crippen LogP contribution < -0.4 is 5.32 Å². The van der Waals surface area contributed by atoms with E-state index in [4.69, 9.17) is 0 Å². The lowest BCUT2D eigenvalue weighted by Crippen LogP contribution is -2.48. The lowest BCUT2D eigenvalue weighted by molar-refractivity contribution is 0.148. The van der Waals surface area contributed by atoms with Crippen LogP contribution in [0.2, 0.25) is 0 Å². The fourth-order valence-corrected chi connectivity index (χ4v) is 4.16. The molecular formula is C18H29NOS. The number of aliphatic hydroxyl groups is 1. The minimum absolute atomic E-state index is 0.0761. The maximum Gasteiger partial charge on any atom is 0.0613 e. The summed E-state index contributed by atoms with van der Waals surface area (Å²) in [6.45, 7) is 5.43. The van der Waals surface area contributed by atoms with Crippen molar-refractivity contribution in [2.45, 2.75) is 62.8 Å². The van der Waals surface area contributed by atoms with Gasteiger partial charge in [-0.2, -0.15) is 0 Å². The summed E-state index contributed by atoms with van der Waals surface area (Å²) in [7, 11) is 0. The van der Waals surface area contributed by atoms with Crippen LogP contribution in [0.4, 0.5) is 0 Å². The van der Waals surface area contributed by atoms with Crippen molar-refractivity contribution in [1.82, 2.24) is 5.32 Å². The van der Waals surface area contributed by atoms with E-state index in [1.54, 1.807) is 11.1 Å². The normalized spacial score (nSPS) is 16.7. The van der Waals surface area contributed by atoms with E-state index in [1.807, 2.05) is 11.8 Å². The molecule has 0 fully saturated rings. The molecule has 1 aromatic carbocycles. The van der Waals surface area contributed by atoms with Gasteiger partial charge in [-0.3, -0.25) is 0 Å². The monoisotopic (exact) mass is 307 g/mol. The van der Waals surface area contributed by atoms with Crippen molar-refractivity contribution in [3.8, 4) is 0 Å². The molecule has 3 heteroatoms. The molecule has 2 N–H and O–H groups in total. The highest BCUT2D eigenvalue weighted by Crippen LogP contribution is 2.28. The second-order valence-electron chi connectivity index (χ2n) is 6.06. The molecule has 0 saturated carbocycles. The Balaban J connectivity index is 1.78. The van der Waals surface area contributed by atoms with Gasteiger partial charge in [0.25, 0.3) is 0 Å². The topological polar surface area (TPSA) is 32.3 Å². The molecule has 1 atom stereocenters. The van der Waals surface area contributed by atoms with E-state index in [0.717, 1.165) is 31.6 Å². The molecule has 2 nitrogen and oxygen atoms in total. The Morgan fingerprint density at radius 1 is 1.24 bits per heavy atom. The molecule has 0 amide bonds. The summed E-state index contributed by atoms with van der Waals surface area (Å²) in [5, 5.41) is 13.1. The van der Waals surface area contributed by atoms with Crippen LogP contribution in [0.1, 0.15) is 50.7 Å². The summed E-state index contributed by atoms with van der Waals surface area (Å²) in [6.07, 6.45) is 7.02. The molecule has 118 valence electrons. The molecule has 0 aromatic heterocycles. The summed E-state index contributed by atoms with van der Waals surface area (Å²) in [4.78, 5) is 1.41. The van der Waals surface area contributed by atoms with Gasteiger partial charge in [0.05, 0.1) is 6.61 Å². The minimum atomic E-state index is -0.0761. The van der Waals surface area contributed by atoms with Crippen LogP contribution in [0, 0.1) is 0 Å². The second-order valence-corrected chi connectivity index (χ2v) is 7.23. The molecular weight excluding hydrogens is 278 g/mol. The van der Waals surface area contributed by atoms with E-state index in [9.17, 15) is 5.11 Å². The molecule has 0 radical (unpaired) electrons. The SMILES string of the molecule is CCNC(CC)(CO)CCCSc1ccc2c(c1)CCC2. The Morgan fingerprint density at radius 3 is 2.76 bits per heavy atom. The number of hydrogen-bond acceptors (Lipinski definition) is 3. The summed E-state index contributed by atoms with van der Waals surface area (Å²) >= 11 is 1.96.